The quantitative estimate of drug-likeness (QED) is 0.165. The number of ether oxygens (including phenoxy) is 2. The Morgan fingerprint density at radius 3 is 2.77 bits per heavy atom. The van der Waals surface area contributed by atoms with Gasteiger partial charge in [0.25, 0.3) is 11.7 Å². The summed E-state index contributed by atoms with van der Waals surface area (Å²) in [6.45, 7) is 1.30. The number of halogens is 1. The number of aliphatic carboxylic acids is 1. The second-order valence-electron chi connectivity index (χ2n) is 5.89. The van der Waals surface area contributed by atoms with Gasteiger partial charge in [0.1, 0.15) is 0 Å². The average molecular weight is 397 g/mol. The smallest absolute Gasteiger partial charge is 0.364 e. The average Bonchev–Trinajstić information content (AvgIpc) is 2.62. The van der Waals surface area contributed by atoms with E-state index in [1.54, 1.807) is 18.7 Å². The number of aliphatic hydroxyl groups is 1. The summed E-state index contributed by atoms with van der Waals surface area (Å²) in [6, 6.07) is -0.890. The molecule has 0 radical (unpaired) electrons. The van der Waals surface area contributed by atoms with Crippen LogP contribution in [-0.4, -0.2) is 77.5 Å². The zero-order valence-corrected chi connectivity index (χ0v) is 15.6. The highest BCUT2D eigenvalue weighted by atomic mass is 32.2. The first kappa shape index (κ1) is 23.1. The van der Waals surface area contributed by atoms with Crippen LogP contribution in [0.5, 0.6) is 0 Å². The van der Waals surface area contributed by atoms with Crippen molar-refractivity contribution in [2.24, 2.45) is 5.84 Å². The highest BCUT2D eigenvalue weighted by Crippen LogP contribution is 2.32. The predicted molar refractivity (Wildman–Crippen MR) is 94.1 cm³/mol. The van der Waals surface area contributed by atoms with Gasteiger partial charge in [0, 0.05) is 18.7 Å². The van der Waals surface area contributed by atoms with E-state index in [9.17, 15) is 24.2 Å². The molecule has 1 aliphatic heterocycles. The third-order valence-corrected chi connectivity index (χ3v) is 5.04. The van der Waals surface area contributed by atoms with Crippen molar-refractivity contribution in [1.82, 2.24) is 10.7 Å². The van der Waals surface area contributed by atoms with Crippen molar-refractivity contribution in [2.45, 2.75) is 50.2 Å². The topological polar surface area (TPSA) is 143 Å². The maximum Gasteiger partial charge on any atom is 0.364 e. The molecule has 9 nitrogen and oxygen atoms in total. The Morgan fingerprint density at radius 1 is 1.46 bits per heavy atom. The van der Waals surface area contributed by atoms with Gasteiger partial charge in [-0.3, -0.25) is 16.1 Å². The number of aliphatic hydroxyl groups excluding tert-OH is 1. The van der Waals surface area contributed by atoms with E-state index in [1.165, 1.54) is 0 Å². The second-order valence-corrected chi connectivity index (χ2v) is 7.11. The molecule has 1 amide bonds. The molecule has 4 atom stereocenters. The van der Waals surface area contributed by atoms with Crippen LogP contribution in [0.25, 0.3) is 0 Å². The number of nitrogens with two attached hydrogens (primary N) is 1. The molecule has 152 valence electrons. The Labute approximate surface area is 156 Å². The van der Waals surface area contributed by atoms with Crippen molar-refractivity contribution in [3.63, 3.8) is 0 Å². The molecule has 1 unspecified atom stereocenters. The summed E-state index contributed by atoms with van der Waals surface area (Å²) >= 11 is 1.64. The number of rotatable bonds is 12. The largest absolute Gasteiger partial charge is 0.477 e. The second kappa shape index (κ2) is 11.7. The van der Waals surface area contributed by atoms with Gasteiger partial charge in [0.15, 0.2) is 6.67 Å². The van der Waals surface area contributed by atoms with Crippen LogP contribution in [0.15, 0.2) is 0 Å². The van der Waals surface area contributed by atoms with E-state index < -0.39 is 42.6 Å². The van der Waals surface area contributed by atoms with Crippen LogP contribution >= 0.6 is 11.8 Å². The monoisotopic (exact) mass is 397 g/mol. The molecule has 1 fully saturated rings. The fraction of sp³-hybridized carbons (Fsp3) is 0.867. The molecule has 1 saturated heterocycles. The molecule has 0 aromatic rings. The minimum atomic E-state index is -1.99. The lowest BCUT2D eigenvalue weighted by molar-refractivity contribution is -0.295. The SMILES string of the molecule is CC[C@@H]1O[C@@](OCCCSCCNN)(C(=O)O)C[C@H](O)C1NC(=O)CF. The predicted octanol–water partition coefficient (Wildman–Crippen LogP) is -0.615. The van der Waals surface area contributed by atoms with Gasteiger partial charge in [-0.1, -0.05) is 6.92 Å². The lowest BCUT2D eigenvalue weighted by Crippen LogP contribution is -2.64. The molecule has 26 heavy (non-hydrogen) atoms. The Balaban J connectivity index is 2.64. The van der Waals surface area contributed by atoms with Gasteiger partial charge >= 0.3 is 5.97 Å². The number of thioether (sulfide) groups is 1. The fourth-order valence-electron chi connectivity index (χ4n) is 2.69. The molecule has 0 aromatic heterocycles. The molecular formula is C15H28FN3O6S. The van der Waals surface area contributed by atoms with Crippen LogP contribution in [0.1, 0.15) is 26.2 Å². The van der Waals surface area contributed by atoms with Gasteiger partial charge in [-0.15, -0.1) is 0 Å². The van der Waals surface area contributed by atoms with Crippen molar-refractivity contribution in [1.29, 1.82) is 0 Å². The number of amides is 1. The summed E-state index contributed by atoms with van der Waals surface area (Å²) < 4.78 is 23.5. The zero-order chi connectivity index (χ0) is 19.6. The maximum absolute atomic E-state index is 12.4. The minimum absolute atomic E-state index is 0.139. The molecule has 0 bridgehead atoms. The van der Waals surface area contributed by atoms with E-state index >= 15 is 0 Å². The highest BCUT2D eigenvalue weighted by molar-refractivity contribution is 7.99. The van der Waals surface area contributed by atoms with E-state index in [1.807, 2.05) is 0 Å². The summed E-state index contributed by atoms with van der Waals surface area (Å²) in [7, 11) is 0. The molecule has 0 aromatic carbocycles. The van der Waals surface area contributed by atoms with Crippen molar-refractivity contribution in [3.05, 3.63) is 0 Å². The zero-order valence-electron chi connectivity index (χ0n) is 14.8. The van der Waals surface area contributed by atoms with Crippen LogP contribution in [0.4, 0.5) is 4.39 Å². The summed E-state index contributed by atoms with van der Waals surface area (Å²) in [5, 5.41) is 22.2. The fourth-order valence-corrected chi connectivity index (χ4v) is 3.48. The molecular weight excluding hydrogens is 369 g/mol. The van der Waals surface area contributed by atoms with Crippen molar-refractivity contribution < 1.29 is 33.7 Å². The first-order valence-electron chi connectivity index (χ1n) is 8.50. The number of nitrogens with one attached hydrogen (secondary N) is 2. The van der Waals surface area contributed by atoms with Crippen LogP contribution in [-0.2, 0) is 19.1 Å². The number of hydrazine groups is 1. The summed E-state index contributed by atoms with van der Waals surface area (Å²) in [5.74, 6) is 2.53. The Bertz CT molecular complexity index is 461. The molecule has 1 rings (SSSR count). The van der Waals surface area contributed by atoms with E-state index in [0.717, 1.165) is 11.5 Å². The Kier molecular flexibility index (Phi) is 10.4. The van der Waals surface area contributed by atoms with Gasteiger partial charge < -0.3 is 25.0 Å². The molecule has 0 aliphatic carbocycles. The van der Waals surface area contributed by atoms with Crippen LogP contribution in [0, 0.1) is 0 Å². The highest BCUT2D eigenvalue weighted by Gasteiger charge is 2.52. The number of carbonyl (C=O) groups is 2. The van der Waals surface area contributed by atoms with Crippen LogP contribution < -0.4 is 16.6 Å². The van der Waals surface area contributed by atoms with Crippen LogP contribution in [0.3, 0.4) is 0 Å². The first-order valence-corrected chi connectivity index (χ1v) is 9.65. The van der Waals surface area contributed by atoms with E-state index in [4.69, 9.17) is 15.3 Å². The number of carbonyl (C=O) groups excluding carboxylic acids is 1. The van der Waals surface area contributed by atoms with Gasteiger partial charge in [-0.2, -0.15) is 11.8 Å². The van der Waals surface area contributed by atoms with E-state index in [2.05, 4.69) is 10.7 Å². The third kappa shape index (κ3) is 6.63. The summed E-state index contributed by atoms with van der Waals surface area (Å²) in [4.78, 5) is 23.0. The van der Waals surface area contributed by atoms with Gasteiger partial charge in [0.2, 0.25) is 0 Å². The Hall–Kier alpha value is -0.980. The Morgan fingerprint density at radius 2 is 2.19 bits per heavy atom. The molecule has 1 heterocycles. The molecule has 11 heteroatoms. The van der Waals surface area contributed by atoms with E-state index in [-0.39, 0.29) is 13.0 Å². The molecule has 1 aliphatic rings. The number of hydrogen-bond donors (Lipinski definition) is 5. The third-order valence-electron chi connectivity index (χ3n) is 3.97. The minimum Gasteiger partial charge on any atom is -0.477 e. The van der Waals surface area contributed by atoms with Crippen molar-refractivity contribution in [2.75, 3.05) is 31.3 Å². The van der Waals surface area contributed by atoms with E-state index in [0.29, 0.717) is 19.4 Å². The van der Waals surface area contributed by atoms with Gasteiger partial charge in [0.05, 0.1) is 24.9 Å². The van der Waals surface area contributed by atoms with Crippen molar-refractivity contribution >= 4 is 23.6 Å². The lowest BCUT2D eigenvalue weighted by Gasteiger charge is -2.44. The molecule has 0 spiro atoms. The maximum atomic E-state index is 12.4. The number of carboxylic acids is 1. The number of hydrogen-bond acceptors (Lipinski definition) is 8. The normalized spacial score (nSPS) is 28.7. The number of alkyl halides is 1. The first-order chi connectivity index (χ1) is 12.4. The molecule has 0 saturated carbocycles. The van der Waals surface area contributed by atoms with Gasteiger partial charge in [-0.05, 0) is 18.6 Å². The molecule has 6 N–H and O–H groups in total. The van der Waals surface area contributed by atoms with Crippen molar-refractivity contribution in [3.8, 4) is 0 Å². The number of carboxylic acid groups (broad SMARTS) is 1. The summed E-state index contributed by atoms with van der Waals surface area (Å²) in [6.07, 6.45) is -1.49. The van der Waals surface area contributed by atoms with Crippen LogP contribution in [0.2, 0.25) is 0 Å². The lowest BCUT2D eigenvalue weighted by atomic mass is 9.91. The van der Waals surface area contributed by atoms with Gasteiger partial charge in [-0.25, -0.2) is 9.18 Å². The summed E-state index contributed by atoms with van der Waals surface area (Å²) in [5.41, 5.74) is 2.54. The standard InChI is InChI=1S/C15H28FN3O6S/c1-2-11-13(19-12(21)9-16)10(20)8-15(25-11,14(22)23)24-5-3-6-26-7-4-18-17/h10-11,13,18,20H,2-9,17H2,1H3,(H,19,21)(H,22,23)/t10-,11-,13?,15+/m0/s1.